The van der Waals surface area contributed by atoms with E-state index < -0.39 is 24.3 Å². The van der Waals surface area contributed by atoms with Crippen LogP contribution >= 0.6 is 0 Å². The summed E-state index contributed by atoms with van der Waals surface area (Å²) in [6.07, 6.45) is 0. The number of esters is 1. The first-order valence-electron chi connectivity index (χ1n) is 9.93. The monoisotopic (exact) mass is 428 g/mol. The van der Waals surface area contributed by atoms with Crippen molar-refractivity contribution >= 4 is 34.8 Å². The summed E-state index contributed by atoms with van der Waals surface area (Å²) in [5.41, 5.74) is 8.94. The molecule has 7 heteroatoms. The maximum absolute atomic E-state index is 12.9. The molecule has 0 unspecified atom stereocenters. The standard InChI is InChI=1S/C25H20N2O5/c1-13-6-5-7-14(2)22(13)27-19(28)12-32-25(31)18-11-10-17-20(21(18)26)24(30)16-9-4-3-8-15(16)23(17)29/h3-11H,12,26H2,1-2H3,(H,27,28). The fraction of sp³-hybridized carbons (Fsp3) is 0.120. The summed E-state index contributed by atoms with van der Waals surface area (Å²) in [5.74, 6) is -2.14. The molecule has 0 spiro atoms. The number of ketones is 2. The van der Waals surface area contributed by atoms with Gasteiger partial charge in [0.25, 0.3) is 5.91 Å². The van der Waals surface area contributed by atoms with Gasteiger partial charge in [0.15, 0.2) is 18.2 Å². The summed E-state index contributed by atoms with van der Waals surface area (Å²) >= 11 is 0. The van der Waals surface area contributed by atoms with E-state index >= 15 is 0 Å². The molecule has 0 radical (unpaired) electrons. The van der Waals surface area contributed by atoms with Crippen LogP contribution < -0.4 is 11.1 Å². The second kappa shape index (κ2) is 8.11. The Hall–Kier alpha value is -4.26. The van der Waals surface area contributed by atoms with Crippen molar-refractivity contribution in [2.24, 2.45) is 0 Å². The molecular weight excluding hydrogens is 408 g/mol. The zero-order valence-corrected chi connectivity index (χ0v) is 17.5. The molecule has 7 nitrogen and oxygen atoms in total. The van der Waals surface area contributed by atoms with Gasteiger partial charge in [0.2, 0.25) is 0 Å². The topological polar surface area (TPSA) is 116 Å². The lowest BCUT2D eigenvalue weighted by Crippen LogP contribution is -2.25. The lowest BCUT2D eigenvalue weighted by Gasteiger charge is -2.20. The molecule has 160 valence electrons. The maximum atomic E-state index is 12.9. The molecule has 1 amide bonds. The molecule has 0 heterocycles. The van der Waals surface area contributed by atoms with Crippen LogP contribution in [0.3, 0.4) is 0 Å². The van der Waals surface area contributed by atoms with E-state index in [1.807, 2.05) is 32.0 Å². The number of para-hydroxylation sites is 1. The highest BCUT2D eigenvalue weighted by Crippen LogP contribution is 2.32. The molecule has 0 aromatic heterocycles. The van der Waals surface area contributed by atoms with Gasteiger partial charge in [0.05, 0.1) is 16.8 Å². The minimum Gasteiger partial charge on any atom is -0.452 e. The molecule has 0 atom stereocenters. The molecule has 0 saturated carbocycles. The number of nitrogen functional groups attached to an aromatic ring is 1. The van der Waals surface area contributed by atoms with E-state index in [0.29, 0.717) is 11.3 Å². The number of amides is 1. The Bertz CT molecular complexity index is 1290. The number of hydrogen-bond donors (Lipinski definition) is 2. The summed E-state index contributed by atoms with van der Waals surface area (Å²) in [5, 5.41) is 2.73. The van der Waals surface area contributed by atoms with E-state index in [4.69, 9.17) is 10.5 Å². The minimum absolute atomic E-state index is 0.0249. The first kappa shape index (κ1) is 21.0. The van der Waals surface area contributed by atoms with Gasteiger partial charge < -0.3 is 15.8 Å². The van der Waals surface area contributed by atoms with Gasteiger partial charge in [-0.1, -0.05) is 42.5 Å². The van der Waals surface area contributed by atoms with Crippen LogP contribution in [0.15, 0.2) is 54.6 Å². The van der Waals surface area contributed by atoms with Crippen molar-refractivity contribution in [3.05, 3.63) is 93.5 Å². The molecule has 3 aromatic carbocycles. The number of anilines is 2. The Balaban J connectivity index is 1.54. The molecule has 3 N–H and O–H groups in total. The first-order valence-corrected chi connectivity index (χ1v) is 9.93. The number of rotatable bonds is 4. The zero-order valence-electron chi connectivity index (χ0n) is 17.5. The van der Waals surface area contributed by atoms with Crippen LogP contribution in [-0.2, 0) is 9.53 Å². The average molecular weight is 428 g/mol. The lowest BCUT2D eigenvalue weighted by molar-refractivity contribution is -0.119. The fourth-order valence-electron chi connectivity index (χ4n) is 3.79. The maximum Gasteiger partial charge on any atom is 0.340 e. The second-order valence-corrected chi connectivity index (χ2v) is 7.54. The highest BCUT2D eigenvalue weighted by molar-refractivity contribution is 6.30. The largest absolute Gasteiger partial charge is 0.452 e. The number of ether oxygens (including phenoxy) is 1. The molecule has 32 heavy (non-hydrogen) atoms. The van der Waals surface area contributed by atoms with Crippen molar-refractivity contribution in [1.29, 1.82) is 0 Å². The van der Waals surface area contributed by atoms with Crippen molar-refractivity contribution in [2.45, 2.75) is 13.8 Å². The van der Waals surface area contributed by atoms with Crippen molar-refractivity contribution < 1.29 is 23.9 Å². The van der Waals surface area contributed by atoms with Crippen LogP contribution in [0.1, 0.15) is 53.3 Å². The molecule has 0 aliphatic heterocycles. The second-order valence-electron chi connectivity index (χ2n) is 7.54. The number of nitrogens with two attached hydrogens (primary N) is 1. The van der Waals surface area contributed by atoms with Crippen LogP contribution in [0.5, 0.6) is 0 Å². The van der Waals surface area contributed by atoms with Crippen LogP contribution in [0, 0.1) is 13.8 Å². The third kappa shape index (κ3) is 3.54. The summed E-state index contributed by atoms with van der Waals surface area (Å²) in [6, 6.07) is 14.8. The average Bonchev–Trinajstić information content (AvgIpc) is 2.78. The Morgan fingerprint density at radius 3 is 2.12 bits per heavy atom. The van der Waals surface area contributed by atoms with Gasteiger partial charge in [-0.2, -0.15) is 0 Å². The molecule has 4 rings (SSSR count). The van der Waals surface area contributed by atoms with Gasteiger partial charge in [-0.05, 0) is 37.1 Å². The zero-order chi connectivity index (χ0) is 23.0. The van der Waals surface area contributed by atoms with Crippen LogP contribution in [0.2, 0.25) is 0 Å². The van der Waals surface area contributed by atoms with Gasteiger partial charge in [0.1, 0.15) is 0 Å². The predicted octanol–water partition coefficient (Wildman–Crippen LogP) is 3.46. The van der Waals surface area contributed by atoms with Crippen LogP contribution in [0.4, 0.5) is 11.4 Å². The van der Waals surface area contributed by atoms with Crippen LogP contribution in [-0.4, -0.2) is 30.0 Å². The van der Waals surface area contributed by atoms with Gasteiger partial charge in [-0.25, -0.2) is 4.79 Å². The molecule has 0 saturated heterocycles. The number of hydrogen-bond acceptors (Lipinski definition) is 6. The van der Waals surface area contributed by atoms with E-state index in [1.54, 1.807) is 24.3 Å². The van der Waals surface area contributed by atoms with Gasteiger partial charge in [-0.3, -0.25) is 14.4 Å². The normalized spacial score (nSPS) is 12.1. The summed E-state index contributed by atoms with van der Waals surface area (Å²) < 4.78 is 5.12. The van der Waals surface area contributed by atoms with Gasteiger partial charge >= 0.3 is 5.97 Å². The van der Waals surface area contributed by atoms with E-state index in [1.165, 1.54) is 12.1 Å². The Morgan fingerprint density at radius 1 is 0.844 bits per heavy atom. The Morgan fingerprint density at radius 2 is 1.47 bits per heavy atom. The number of benzene rings is 3. The van der Waals surface area contributed by atoms with Gasteiger partial charge in [0, 0.05) is 22.4 Å². The molecule has 1 aliphatic rings. The van der Waals surface area contributed by atoms with Crippen molar-refractivity contribution in [1.82, 2.24) is 0 Å². The predicted molar refractivity (Wildman–Crippen MR) is 119 cm³/mol. The smallest absolute Gasteiger partial charge is 0.340 e. The first-order chi connectivity index (χ1) is 15.3. The number of carbonyl (C=O) groups excluding carboxylic acids is 4. The highest BCUT2D eigenvalue weighted by atomic mass is 16.5. The molecule has 0 fully saturated rings. The van der Waals surface area contributed by atoms with E-state index in [0.717, 1.165) is 11.1 Å². The molecular formula is C25H20N2O5. The van der Waals surface area contributed by atoms with Crippen LogP contribution in [0.25, 0.3) is 0 Å². The SMILES string of the molecule is Cc1cccc(C)c1NC(=O)COC(=O)c1ccc2c(c1N)C(=O)c1ccccc1C2=O. The molecule has 3 aromatic rings. The summed E-state index contributed by atoms with van der Waals surface area (Å²) in [4.78, 5) is 50.6. The molecule has 1 aliphatic carbocycles. The summed E-state index contributed by atoms with van der Waals surface area (Å²) in [7, 11) is 0. The number of carbonyl (C=O) groups is 4. The van der Waals surface area contributed by atoms with Crippen molar-refractivity contribution in [3.63, 3.8) is 0 Å². The van der Waals surface area contributed by atoms with E-state index in [-0.39, 0.29) is 33.7 Å². The quantitative estimate of drug-likeness (QED) is 0.380. The summed E-state index contributed by atoms with van der Waals surface area (Å²) in [6.45, 7) is 3.19. The van der Waals surface area contributed by atoms with E-state index in [2.05, 4.69) is 5.32 Å². The number of fused-ring (bicyclic) bond motifs is 2. The highest BCUT2D eigenvalue weighted by Gasteiger charge is 2.33. The van der Waals surface area contributed by atoms with Gasteiger partial charge in [-0.15, -0.1) is 0 Å². The minimum atomic E-state index is -0.860. The Labute approximate surface area is 184 Å². The lowest BCUT2D eigenvalue weighted by atomic mass is 9.82. The van der Waals surface area contributed by atoms with E-state index in [9.17, 15) is 19.2 Å². The third-order valence-corrected chi connectivity index (χ3v) is 5.43. The molecule has 0 bridgehead atoms. The Kier molecular flexibility index (Phi) is 5.32. The van der Waals surface area contributed by atoms with Crippen molar-refractivity contribution in [2.75, 3.05) is 17.7 Å². The van der Waals surface area contributed by atoms with Crippen molar-refractivity contribution in [3.8, 4) is 0 Å². The number of aryl methyl sites for hydroxylation is 2. The fourth-order valence-corrected chi connectivity index (χ4v) is 3.79. The third-order valence-electron chi connectivity index (χ3n) is 5.43. The number of nitrogens with one attached hydrogen (secondary N) is 1.